The van der Waals surface area contributed by atoms with Gasteiger partial charge >= 0.3 is 0 Å². The molecule has 0 radical (unpaired) electrons. The summed E-state index contributed by atoms with van der Waals surface area (Å²) in [5, 5.41) is 0. The van der Waals surface area contributed by atoms with Gasteiger partial charge in [-0.1, -0.05) is 32.0 Å². The van der Waals surface area contributed by atoms with Crippen molar-refractivity contribution in [3.63, 3.8) is 0 Å². The number of nitrogens with one attached hydrogen (secondary N) is 1. The van der Waals surface area contributed by atoms with Crippen LogP contribution in [0.15, 0.2) is 41.3 Å². The molecular weight excluding hydrogens is 322 g/mol. The normalized spacial score (nSPS) is 11.5. The maximum absolute atomic E-state index is 12.6. The molecule has 0 bridgehead atoms. The first-order valence-electron chi connectivity index (χ1n) is 8.16. The summed E-state index contributed by atoms with van der Waals surface area (Å²) in [6.07, 6.45) is 1.81. The van der Waals surface area contributed by atoms with Crippen molar-refractivity contribution in [3.05, 3.63) is 58.7 Å². The second-order valence-corrected chi connectivity index (χ2v) is 7.53. The van der Waals surface area contributed by atoms with Gasteiger partial charge in [0.05, 0.1) is 12.0 Å². The number of ether oxygens (including phenoxy) is 1. The highest BCUT2D eigenvalue weighted by Gasteiger charge is 2.16. The van der Waals surface area contributed by atoms with Crippen LogP contribution < -0.4 is 9.46 Å². The van der Waals surface area contributed by atoms with Gasteiger partial charge in [0.15, 0.2) is 0 Å². The topological polar surface area (TPSA) is 55.4 Å². The molecule has 130 valence electrons. The van der Waals surface area contributed by atoms with E-state index in [9.17, 15) is 8.42 Å². The zero-order chi connectivity index (χ0) is 17.7. The molecule has 2 aromatic carbocycles. The van der Waals surface area contributed by atoms with E-state index in [0.29, 0.717) is 12.3 Å². The summed E-state index contributed by atoms with van der Waals surface area (Å²) < 4.78 is 33.0. The highest BCUT2D eigenvalue weighted by Crippen LogP contribution is 2.22. The van der Waals surface area contributed by atoms with E-state index < -0.39 is 10.0 Å². The maximum Gasteiger partial charge on any atom is 0.240 e. The Labute approximate surface area is 144 Å². The van der Waals surface area contributed by atoms with E-state index in [-0.39, 0.29) is 4.90 Å². The largest absolute Gasteiger partial charge is 0.496 e. The molecule has 24 heavy (non-hydrogen) atoms. The van der Waals surface area contributed by atoms with Gasteiger partial charge in [-0.3, -0.25) is 0 Å². The molecule has 5 heteroatoms. The van der Waals surface area contributed by atoms with Gasteiger partial charge in [0.2, 0.25) is 10.0 Å². The van der Waals surface area contributed by atoms with E-state index in [2.05, 4.69) is 36.8 Å². The molecule has 0 saturated carbocycles. The molecular formula is C19H25NO3S. The van der Waals surface area contributed by atoms with Crippen LogP contribution in [0, 0.1) is 6.92 Å². The summed E-state index contributed by atoms with van der Waals surface area (Å²) in [6, 6.07) is 11.1. The summed E-state index contributed by atoms with van der Waals surface area (Å²) in [4.78, 5) is 0.255. The fraction of sp³-hybridized carbons (Fsp3) is 0.368. The Morgan fingerprint density at radius 2 is 1.75 bits per heavy atom. The first kappa shape index (κ1) is 18.5. The van der Waals surface area contributed by atoms with Crippen molar-refractivity contribution in [2.45, 2.75) is 45.1 Å². The lowest BCUT2D eigenvalue weighted by Gasteiger charge is -2.13. The van der Waals surface area contributed by atoms with Crippen LogP contribution in [0.1, 0.15) is 36.1 Å². The number of rotatable bonds is 7. The van der Waals surface area contributed by atoms with Crippen molar-refractivity contribution in [2.75, 3.05) is 7.11 Å². The van der Waals surface area contributed by atoms with Crippen LogP contribution >= 0.6 is 0 Å². The highest BCUT2D eigenvalue weighted by molar-refractivity contribution is 7.89. The number of aryl methyl sites for hydroxylation is 3. The average Bonchev–Trinajstić information content (AvgIpc) is 2.59. The number of benzene rings is 2. The minimum absolute atomic E-state index is 0.255. The van der Waals surface area contributed by atoms with E-state index >= 15 is 0 Å². The van der Waals surface area contributed by atoms with Gasteiger partial charge in [-0.05, 0) is 60.2 Å². The molecule has 0 aromatic heterocycles. The van der Waals surface area contributed by atoms with Crippen molar-refractivity contribution in [1.29, 1.82) is 0 Å². The van der Waals surface area contributed by atoms with E-state index in [0.717, 1.165) is 24.0 Å². The molecule has 0 aliphatic carbocycles. The van der Waals surface area contributed by atoms with E-state index in [1.54, 1.807) is 25.3 Å². The van der Waals surface area contributed by atoms with Gasteiger partial charge in [-0.15, -0.1) is 0 Å². The van der Waals surface area contributed by atoms with Crippen LogP contribution in [-0.4, -0.2) is 15.5 Å². The monoisotopic (exact) mass is 347 g/mol. The van der Waals surface area contributed by atoms with Crippen molar-refractivity contribution in [3.8, 4) is 5.75 Å². The molecule has 0 saturated heterocycles. The van der Waals surface area contributed by atoms with Gasteiger partial charge in [-0.25, -0.2) is 13.1 Å². The van der Waals surface area contributed by atoms with E-state index in [1.165, 1.54) is 11.1 Å². The molecule has 0 aliphatic heterocycles. The van der Waals surface area contributed by atoms with Crippen LogP contribution in [0.5, 0.6) is 5.75 Å². The maximum atomic E-state index is 12.6. The third-order valence-electron chi connectivity index (χ3n) is 4.19. The van der Waals surface area contributed by atoms with Gasteiger partial charge < -0.3 is 4.74 Å². The predicted octanol–water partition coefficient (Wildman–Crippen LogP) is 3.61. The van der Waals surface area contributed by atoms with Crippen LogP contribution in [0.2, 0.25) is 0 Å². The average molecular weight is 347 g/mol. The zero-order valence-corrected chi connectivity index (χ0v) is 15.5. The van der Waals surface area contributed by atoms with Crippen molar-refractivity contribution >= 4 is 10.0 Å². The number of sulfonamides is 1. The molecule has 0 atom stereocenters. The molecule has 0 amide bonds. The Hall–Kier alpha value is -1.85. The summed E-state index contributed by atoms with van der Waals surface area (Å²) in [6.45, 7) is 6.29. The fourth-order valence-corrected chi connectivity index (χ4v) is 3.77. The van der Waals surface area contributed by atoms with Crippen LogP contribution in [0.4, 0.5) is 0 Å². The smallest absolute Gasteiger partial charge is 0.240 e. The molecule has 0 heterocycles. The molecule has 0 unspecified atom stereocenters. The summed E-state index contributed by atoms with van der Waals surface area (Å²) in [5.74, 6) is 0.679. The molecule has 4 nitrogen and oxygen atoms in total. The fourth-order valence-electron chi connectivity index (χ4n) is 2.68. The number of hydrogen-bond acceptors (Lipinski definition) is 3. The van der Waals surface area contributed by atoms with Gasteiger partial charge in [0.1, 0.15) is 5.75 Å². The lowest BCUT2D eigenvalue weighted by Crippen LogP contribution is -2.24. The van der Waals surface area contributed by atoms with Gasteiger partial charge in [-0.2, -0.15) is 0 Å². The summed E-state index contributed by atoms with van der Waals surface area (Å²) in [7, 11) is -1.98. The first-order chi connectivity index (χ1) is 11.4. The second-order valence-electron chi connectivity index (χ2n) is 5.77. The molecule has 0 spiro atoms. The number of hydrogen-bond donors (Lipinski definition) is 1. The van der Waals surface area contributed by atoms with Crippen LogP contribution in [0.25, 0.3) is 0 Å². The van der Waals surface area contributed by atoms with E-state index in [4.69, 9.17) is 4.74 Å². The molecule has 2 aromatic rings. The van der Waals surface area contributed by atoms with Gasteiger partial charge in [0.25, 0.3) is 0 Å². The zero-order valence-electron chi connectivity index (χ0n) is 14.7. The standard InChI is InChI=1S/C19H25NO3S/c1-5-15-7-8-16(6-2)17(12-15)13-20-24(21,22)18-9-10-19(23-4)14(3)11-18/h7-12,20H,5-6,13H2,1-4H3. The summed E-state index contributed by atoms with van der Waals surface area (Å²) in [5.41, 5.74) is 4.20. The van der Waals surface area contributed by atoms with Gasteiger partial charge in [0, 0.05) is 6.54 Å². The lowest BCUT2D eigenvalue weighted by atomic mass is 10.0. The Bertz CT molecular complexity index is 813. The summed E-state index contributed by atoms with van der Waals surface area (Å²) >= 11 is 0. The number of methoxy groups -OCH3 is 1. The van der Waals surface area contributed by atoms with Crippen molar-refractivity contribution in [2.24, 2.45) is 0 Å². The Balaban J connectivity index is 2.23. The minimum Gasteiger partial charge on any atom is -0.496 e. The minimum atomic E-state index is -3.56. The van der Waals surface area contributed by atoms with E-state index in [1.807, 2.05) is 6.92 Å². The lowest BCUT2D eigenvalue weighted by molar-refractivity contribution is 0.411. The molecule has 2 rings (SSSR count). The molecule has 0 fully saturated rings. The second kappa shape index (κ2) is 7.81. The first-order valence-corrected chi connectivity index (χ1v) is 9.64. The predicted molar refractivity (Wildman–Crippen MR) is 97.0 cm³/mol. The highest BCUT2D eigenvalue weighted by atomic mass is 32.2. The Morgan fingerprint density at radius 3 is 2.33 bits per heavy atom. The van der Waals surface area contributed by atoms with Crippen molar-refractivity contribution < 1.29 is 13.2 Å². The quantitative estimate of drug-likeness (QED) is 0.832. The Morgan fingerprint density at radius 1 is 1.00 bits per heavy atom. The molecule has 1 N–H and O–H groups in total. The van der Waals surface area contributed by atoms with Crippen LogP contribution in [-0.2, 0) is 29.4 Å². The third-order valence-corrected chi connectivity index (χ3v) is 5.59. The van der Waals surface area contributed by atoms with Crippen LogP contribution in [0.3, 0.4) is 0 Å². The van der Waals surface area contributed by atoms with Crippen molar-refractivity contribution in [1.82, 2.24) is 4.72 Å². The Kier molecular flexibility index (Phi) is 6.02. The third kappa shape index (κ3) is 4.16. The molecule has 0 aliphatic rings. The SMILES string of the molecule is CCc1ccc(CC)c(CNS(=O)(=O)c2ccc(OC)c(C)c2)c1.